The number of aryl methyl sites for hydroxylation is 1. The van der Waals surface area contributed by atoms with E-state index >= 15 is 0 Å². The molecular weight excluding hydrogens is 230 g/mol. The second-order valence-corrected chi connectivity index (χ2v) is 3.83. The van der Waals surface area contributed by atoms with Crippen LogP contribution in [0.15, 0.2) is 6.20 Å². The van der Waals surface area contributed by atoms with Gasteiger partial charge in [0.2, 0.25) is 5.28 Å². The van der Waals surface area contributed by atoms with Crippen LogP contribution in [0, 0.1) is 6.92 Å². The first kappa shape index (κ1) is 13.2. The Kier molecular flexibility index (Phi) is 5.45. The summed E-state index contributed by atoms with van der Waals surface area (Å²) < 4.78 is 4.82. The van der Waals surface area contributed by atoms with Gasteiger partial charge in [0.15, 0.2) is 0 Å². The van der Waals surface area contributed by atoms with E-state index in [4.69, 9.17) is 16.3 Å². The minimum absolute atomic E-state index is 0.213. The van der Waals surface area contributed by atoms with Crippen LogP contribution < -0.4 is 5.32 Å². The highest BCUT2D eigenvalue weighted by Gasteiger charge is 2.05. The Labute approximate surface area is 99.8 Å². The van der Waals surface area contributed by atoms with E-state index in [1.165, 1.54) is 0 Å². The molecule has 0 aliphatic carbocycles. The van der Waals surface area contributed by atoms with Crippen molar-refractivity contribution in [2.24, 2.45) is 0 Å². The third-order valence-electron chi connectivity index (χ3n) is 2.07. The molecule has 0 fully saturated rings. The van der Waals surface area contributed by atoms with E-state index in [0.29, 0.717) is 25.4 Å². The molecule has 0 amide bonds. The summed E-state index contributed by atoms with van der Waals surface area (Å²) in [7, 11) is 1.56. The molecule has 0 saturated heterocycles. The maximum absolute atomic E-state index is 9.43. The van der Waals surface area contributed by atoms with Crippen LogP contribution >= 0.6 is 11.6 Å². The van der Waals surface area contributed by atoms with Gasteiger partial charge in [-0.25, -0.2) is 9.97 Å². The topological polar surface area (TPSA) is 67.3 Å². The molecule has 6 heteroatoms. The number of aliphatic hydroxyl groups excluding tert-OH is 1. The summed E-state index contributed by atoms with van der Waals surface area (Å²) in [5.41, 5.74) is 0.922. The number of methoxy groups -OCH3 is 1. The van der Waals surface area contributed by atoms with Gasteiger partial charge >= 0.3 is 0 Å². The average molecular weight is 246 g/mol. The van der Waals surface area contributed by atoms with Gasteiger partial charge in [0.25, 0.3) is 0 Å². The molecule has 1 aromatic heterocycles. The molecule has 1 atom stereocenters. The highest BCUT2D eigenvalue weighted by molar-refractivity contribution is 6.28. The summed E-state index contributed by atoms with van der Waals surface area (Å²) in [4.78, 5) is 7.90. The van der Waals surface area contributed by atoms with Gasteiger partial charge in [0.05, 0.1) is 12.7 Å². The SMILES string of the molecule is COCC(O)CCNc1nc(Cl)ncc1C. The second-order valence-electron chi connectivity index (χ2n) is 3.50. The quantitative estimate of drug-likeness (QED) is 0.739. The number of hydrogen-bond acceptors (Lipinski definition) is 5. The normalized spacial score (nSPS) is 12.5. The molecule has 5 nitrogen and oxygen atoms in total. The van der Waals surface area contributed by atoms with Gasteiger partial charge in [-0.2, -0.15) is 0 Å². The summed E-state index contributed by atoms with van der Waals surface area (Å²) in [6.07, 6.45) is 1.79. The first-order valence-electron chi connectivity index (χ1n) is 5.03. The molecule has 1 aromatic rings. The van der Waals surface area contributed by atoms with Gasteiger partial charge in [-0.1, -0.05) is 0 Å². The number of nitrogens with zero attached hydrogens (tertiary/aromatic N) is 2. The molecule has 0 saturated carbocycles. The highest BCUT2D eigenvalue weighted by atomic mass is 35.5. The number of anilines is 1. The van der Waals surface area contributed by atoms with Gasteiger partial charge < -0.3 is 15.2 Å². The van der Waals surface area contributed by atoms with Crippen LogP contribution in [0.5, 0.6) is 0 Å². The summed E-state index contributed by atoms with van der Waals surface area (Å²) in [6.45, 7) is 2.84. The van der Waals surface area contributed by atoms with Crippen LogP contribution in [0.2, 0.25) is 5.28 Å². The van der Waals surface area contributed by atoms with E-state index < -0.39 is 6.10 Å². The van der Waals surface area contributed by atoms with Crippen molar-refractivity contribution in [3.63, 3.8) is 0 Å². The molecule has 2 N–H and O–H groups in total. The minimum atomic E-state index is -0.463. The number of aliphatic hydroxyl groups is 1. The van der Waals surface area contributed by atoms with Gasteiger partial charge in [-0.15, -0.1) is 0 Å². The zero-order chi connectivity index (χ0) is 12.0. The fourth-order valence-electron chi connectivity index (χ4n) is 1.23. The molecular formula is C10H16ClN3O2. The second kappa shape index (κ2) is 6.62. The summed E-state index contributed by atoms with van der Waals surface area (Å²) >= 11 is 5.68. The Morgan fingerprint density at radius 2 is 2.38 bits per heavy atom. The third-order valence-corrected chi connectivity index (χ3v) is 2.25. The van der Waals surface area contributed by atoms with Crippen LogP contribution in [-0.4, -0.2) is 41.4 Å². The van der Waals surface area contributed by atoms with E-state index in [-0.39, 0.29) is 5.28 Å². The van der Waals surface area contributed by atoms with Gasteiger partial charge in [0, 0.05) is 25.4 Å². The van der Waals surface area contributed by atoms with Crippen LogP contribution in [0.1, 0.15) is 12.0 Å². The molecule has 0 bridgehead atoms. The van der Waals surface area contributed by atoms with E-state index in [1.54, 1.807) is 13.3 Å². The highest BCUT2D eigenvalue weighted by Crippen LogP contribution is 2.12. The third kappa shape index (κ3) is 4.30. The van der Waals surface area contributed by atoms with Crippen LogP contribution in [0.3, 0.4) is 0 Å². The first-order chi connectivity index (χ1) is 7.63. The van der Waals surface area contributed by atoms with Crippen molar-refractivity contribution in [2.75, 3.05) is 25.6 Å². The van der Waals surface area contributed by atoms with Crippen molar-refractivity contribution in [3.05, 3.63) is 17.0 Å². The Bertz CT molecular complexity index is 336. The molecule has 1 rings (SSSR count). The number of hydrogen-bond donors (Lipinski definition) is 2. The molecule has 0 radical (unpaired) electrons. The summed E-state index contributed by atoms with van der Waals surface area (Å²) in [5, 5.41) is 12.7. The number of halogens is 1. The van der Waals surface area contributed by atoms with Gasteiger partial charge in [-0.05, 0) is 24.9 Å². The zero-order valence-electron chi connectivity index (χ0n) is 9.40. The Hall–Kier alpha value is -0.910. The number of nitrogens with one attached hydrogen (secondary N) is 1. The molecule has 90 valence electrons. The monoisotopic (exact) mass is 245 g/mol. The standard InChI is InChI=1S/C10H16ClN3O2/c1-7-5-13-10(11)14-9(7)12-4-3-8(15)6-16-2/h5,8,15H,3-4,6H2,1-2H3,(H,12,13,14). The van der Waals surface area contributed by atoms with Crippen molar-refractivity contribution in [3.8, 4) is 0 Å². The molecule has 16 heavy (non-hydrogen) atoms. The van der Waals surface area contributed by atoms with E-state index in [2.05, 4.69) is 15.3 Å². The lowest BCUT2D eigenvalue weighted by molar-refractivity contribution is 0.0615. The minimum Gasteiger partial charge on any atom is -0.391 e. The maximum atomic E-state index is 9.43. The summed E-state index contributed by atoms with van der Waals surface area (Å²) in [6, 6.07) is 0. The number of ether oxygens (including phenoxy) is 1. The van der Waals surface area contributed by atoms with Crippen molar-refractivity contribution in [1.29, 1.82) is 0 Å². The summed E-state index contributed by atoms with van der Waals surface area (Å²) in [5.74, 6) is 0.699. The first-order valence-corrected chi connectivity index (χ1v) is 5.41. The maximum Gasteiger partial charge on any atom is 0.224 e. The largest absolute Gasteiger partial charge is 0.391 e. The van der Waals surface area contributed by atoms with Crippen molar-refractivity contribution in [2.45, 2.75) is 19.4 Å². The zero-order valence-corrected chi connectivity index (χ0v) is 10.2. The predicted octanol–water partition coefficient (Wildman–Crippen LogP) is 1.25. The predicted molar refractivity (Wildman–Crippen MR) is 62.8 cm³/mol. The Morgan fingerprint density at radius 1 is 1.62 bits per heavy atom. The lowest BCUT2D eigenvalue weighted by atomic mass is 10.2. The Balaban J connectivity index is 2.39. The molecule has 0 aromatic carbocycles. The number of rotatable bonds is 6. The van der Waals surface area contributed by atoms with Crippen LogP contribution in [0.25, 0.3) is 0 Å². The van der Waals surface area contributed by atoms with Crippen molar-refractivity contribution in [1.82, 2.24) is 9.97 Å². The molecule has 1 heterocycles. The molecule has 0 spiro atoms. The van der Waals surface area contributed by atoms with Crippen LogP contribution in [-0.2, 0) is 4.74 Å². The fourth-order valence-corrected chi connectivity index (χ4v) is 1.37. The molecule has 0 aliphatic rings. The van der Waals surface area contributed by atoms with Gasteiger partial charge in [-0.3, -0.25) is 0 Å². The van der Waals surface area contributed by atoms with E-state index in [0.717, 1.165) is 5.56 Å². The lowest BCUT2D eigenvalue weighted by Crippen LogP contribution is -2.19. The molecule has 1 unspecified atom stereocenters. The fraction of sp³-hybridized carbons (Fsp3) is 0.600. The smallest absolute Gasteiger partial charge is 0.224 e. The average Bonchev–Trinajstić information content (AvgIpc) is 2.23. The van der Waals surface area contributed by atoms with E-state index in [9.17, 15) is 5.11 Å². The van der Waals surface area contributed by atoms with Crippen molar-refractivity contribution >= 4 is 17.4 Å². The van der Waals surface area contributed by atoms with E-state index in [1.807, 2.05) is 6.92 Å². The van der Waals surface area contributed by atoms with Crippen molar-refractivity contribution < 1.29 is 9.84 Å². The van der Waals surface area contributed by atoms with Gasteiger partial charge in [0.1, 0.15) is 5.82 Å². The lowest BCUT2D eigenvalue weighted by Gasteiger charge is -2.11. The van der Waals surface area contributed by atoms with Crippen LogP contribution in [0.4, 0.5) is 5.82 Å². The Morgan fingerprint density at radius 3 is 3.06 bits per heavy atom. The molecule has 0 aliphatic heterocycles. The number of aromatic nitrogens is 2.